The molecule has 0 bridgehead atoms. The molecular weight excluding hydrogens is 226 g/mol. The number of piperazine rings is 1. The Labute approximate surface area is 108 Å². The Morgan fingerprint density at radius 2 is 2.06 bits per heavy atom. The maximum atomic E-state index is 12.0. The molecule has 98 valence electrons. The number of aryl methyl sites for hydroxylation is 2. The van der Waals surface area contributed by atoms with Crippen LogP contribution < -0.4 is 10.6 Å². The molecule has 1 aliphatic rings. The van der Waals surface area contributed by atoms with Gasteiger partial charge in [-0.2, -0.15) is 0 Å². The summed E-state index contributed by atoms with van der Waals surface area (Å²) in [5.41, 5.74) is 3.20. The molecule has 1 saturated heterocycles. The van der Waals surface area contributed by atoms with E-state index in [0.29, 0.717) is 6.54 Å². The standard InChI is InChI=1S/C14H21N3O/c1-11-3-4-12(2)13(9-11)16-14(18)10-17-7-5-15-6-8-17/h3-4,9,15H,5-8,10H2,1-2H3,(H,16,18). The predicted octanol–water partition coefficient (Wildman–Crippen LogP) is 1.15. The highest BCUT2D eigenvalue weighted by Gasteiger charge is 2.13. The van der Waals surface area contributed by atoms with Crippen molar-refractivity contribution < 1.29 is 4.79 Å². The van der Waals surface area contributed by atoms with Crippen molar-refractivity contribution in [2.24, 2.45) is 0 Å². The summed E-state index contributed by atoms with van der Waals surface area (Å²) < 4.78 is 0. The average Bonchev–Trinajstić information content (AvgIpc) is 2.35. The van der Waals surface area contributed by atoms with E-state index in [2.05, 4.69) is 21.6 Å². The van der Waals surface area contributed by atoms with E-state index in [9.17, 15) is 4.79 Å². The Morgan fingerprint density at radius 3 is 2.78 bits per heavy atom. The molecular formula is C14H21N3O. The van der Waals surface area contributed by atoms with Crippen LogP contribution in [0.1, 0.15) is 11.1 Å². The van der Waals surface area contributed by atoms with E-state index >= 15 is 0 Å². The Bertz CT molecular complexity index is 425. The van der Waals surface area contributed by atoms with Gasteiger partial charge in [0.2, 0.25) is 5.91 Å². The number of hydrogen-bond donors (Lipinski definition) is 2. The largest absolute Gasteiger partial charge is 0.325 e. The molecule has 0 spiro atoms. The minimum Gasteiger partial charge on any atom is -0.325 e. The van der Waals surface area contributed by atoms with E-state index in [1.165, 1.54) is 0 Å². The summed E-state index contributed by atoms with van der Waals surface area (Å²) in [5.74, 6) is 0.0746. The van der Waals surface area contributed by atoms with E-state index in [4.69, 9.17) is 0 Å². The quantitative estimate of drug-likeness (QED) is 0.842. The fourth-order valence-corrected chi connectivity index (χ4v) is 2.13. The number of nitrogens with one attached hydrogen (secondary N) is 2. The molecule has 1 heterocycles. The molecule has 0 atom stereocenters. The molecule has 1 fully saturated rings. The van der Waals surface area contributed by atoms with Crippen molar-refractivity contribution in [3.8, 4) is 0 Å². The van der Waals surface area contributed by atoms with Gasteiger partial charge in [-0.1, -0.05) is 12.1 Å². The van der Waals surface area contributed by atoms with Crippen LogP contribution in [0.5, 0.6) is 0 Å². The summed E-state index contributed by atoms with van der Waals surface area (Å²) in [7, 11) is 0. The summed E-state index contributed by atoms with van der Waals surface area (Å²) in [6, 6.07) is 6.11. The smallest absolute Gasteiger partial charge is 0.238 e. The van der Waals surface area contributed by atoms with Gasteiger partial charge in [-0.15, -0.1) is 0 Å². The molecule has 0 aromatic heterocycles. The highest BCUT2D eigenvalue weighted by Crippen LogP contribution is 2.16. The third kappa shape index (κ3) is 3.55. The van der Waals surface area contributed by atoms with E-state index in [1.54, 1.807) is 0 Å². The lowest BCUT2D eigenvalue weighted by Gasteiger charge is -2.26. The number of amides is 1. The Kier molecular flexibility index (Phi) is 4.33. The Morgan fingerprint density at radius 1 is 1.33 bits per heavy atom. The number of benzene rings is 1. The molecule has 1 aliphatic heterocycles. The van der Waals surface area contributed by atoms with Crippen molar-refractivity contribution in [2.45, 2.75) is 13.8 Å². The number of carbonyl (C=O) groups excluding carboxylic acids is 1. The zero-order valence-electron chi connectivity index (χ0n) is 11.1. The van der Waals surface area contributed by atoms with Gasteiger partial charge in [-0.3, -0.25) is 9.69 Å². The van der Waals surface area contributed by atoms with E-state index < -0.39 is 0 Å². The highest BCUT2D eigenvalue weighted by atomic mass is 16.2. The number of anilines is 1. The fraction of sp³-hybridized carbons (Fsp3) is 0.500. The van der Waals surface area contributed by atoms with Gasteiger partial charge in [0.15, 0.2) is 0 Å². The second kappa shape index (κ2) is 5.98. The van der Waals surface area contributed by atoms with Gasteiger partial charge in [0.05, 0.1) is 6.54 Å². The molecule has 1 aromatic carbocycles. The molecule has 2 N–H and O–H groups in total. The fourth-order valence-electron chi connectivity index (χ4n) is 2.13. The Hall–Kier alpha value is -1.39. The topological polar surface area (TPSA) is 44.4 Å². The molecule has 0 saturated carbocycles. The summed E-state index contributed by atoms with van der Waals surface area (Å²) in [6.07, 6.45) is 0. The second-order valence-corrected chi connectivity index (χ2v) is 4.89. The predicted molar refractivity (Wildman–Crippen MR) is 73.9 cm³/mol. The van der Waals surface area contributed by atoms with E-state index in [0.717, 1.165) is 43.0 Å². The van der Waals surface area contributed by atoms with Crippen molar-refractivity contribution in [1.82, 2.24) is 10.2 Å². The van der Waals surface area contributed by atoms with Crippen LogP contribution in [-0.4, -0.2) is 43.5 Å². The highest BCUT2D eigenvalue weighted by molar-refractivity contribution is 5.93. The third-order valence-electron chi connectivity index (χ3n) is 3.24. The SMILES string of the molecule is Cc1ccc(C)c(NC(=O)CN2CCNCC2)c1. The van der Waals surface area contributed by atoms with Crippen LogP contribution in [0.25, 0.3) is 0 Å². The van der Waals surface area contributed by atoms with Gasteiger partial charge in [0, 0.05) is 31.9 Å². The summed E-state index contributed by atoms with van der Waals surface area (Å²) >= 11 is 0. The molecule has 0 radical (unpaired) electrons. The number of nitrogens with zero attached hydrogens (tertiary/aromatic N) is 1. The van der Waals surface area contributed by atoms with Crippen molar-refractivity contribution in [1.29, 1.82) is 0 Å². The van der Waals surface area contributed by atoms with Crippen LogP contribution in [0, 0.1) is 13.8 Å². The Balaban J connectivity index is 1.92. The first kappa shape index (κ1) is 13.1. The van der Waals surface area contributed by atoms with Crippen LogP contribution in [0.4, 0.5) is 5.69 Å². The van der Waals surface area contributed by atoms with Crippen LogP contribution >= 0.6 is 0 Å². The van der Waals surface area contributed by atoms with Gasteiger partial charge < -0.3 is 10.6 Å². The van der Waals surface area contributed by atoms with Crippen LogP contribution in [0.3, 0.4) is 0 Å². The van der Waals surface area contributed by atoms with Crippen molar-refractivity contribution in [2.75, 3.05) is 38.0 Å². The van der Waals surface area contributed by atoms with Crippen LogP contribution in [0.2, 0.25) is 0 Å². The zero-order chi connectivity index (χ0) is 13.0. The maximum Gasteiger partial charge on any atom is 0.238 e. The lowest BCUT2D eigenvalue weighted by Crippen LogP contribution is -2.46. The summed E-state index contributed by atoms with van der Waals surface area (Å²) in [6.45, 7) is 8.36. The summed E-state index contributed by atoms with van der Waals surface area (Å²) in [4.78, 5) is 14.1. The van der Waals surface area contributed by atoms with Crippen molar-refractivity contribution in [3.05, 3.63) is 29.3 Å². The molecule has 2 rings (SSSR count). The molecule has 4 nitrogen and oxygen atoms in total. The zero-order valence-corrected chi connectivity index (χ0v) is 11.1. The molecule has 1 aromatic rings. The van der Waals surface area contributed by atoms with Crippen molar-refractivity contribution in [3.63, 3.8) is 0 Å². The first-order chi connectivity index (χ1) is 8.65. The third-order valence-corrected chi connectivity index (χ3v) is 3.24. The van der Waals surface area contributed by atoms with E-state index in [-0.39, 0.29) is 5.91 Å². The van der Waals surface area contributed by atoms with E-state index in [1.807, 2.05) is 26.0 Å². The van der Waals surface area contributed by atoms with Gasteiger partial charge >= 0.3 is 0 Å². The summed E-state index contributed by atoms with van der Waals surface area (Å²) in [5, 5.41) is 6.28. The van der Waals surface area contributed by atoms with Gasteiger partial charge in [0.25, 0.3) is 0 Å². The minimum atomic E-state index is 0.0746. The number of rotatable bonds is 3. The van der Waals surface area contributed by atoms with Crippen LogP contribution in [0.15, 0.2) is 18.2 Å². The number of carbonyl (C=O) groups is 1. The lowest BCUT2D eigenvalue weighted by molar-refractivity contribution is -0.117. The monoisotopic (exact) mass is 247 g/mol. The molecule has 4 heteroatoms. The minimum absolute atomic E-state index is 0.0746. The molecule has 18 heavy (non-hydrogen) atoms. The number of hydrogen-bond acceptors (Lipinski definition) is 3. The molecule has 0 aliphatic carbocycles. The first-order valence-electron chi connectivity index (χ1n) is 6.45. The van der Waals surface area contributed by atoms with Gasteiger partial charge in [-0.25, -0.2) is 0 Å². The van der Waals surface area contributed by atoms with Gasteiger partial charge in [0.1, 0.15) is 0 Å². The molecule has 0 unspecified atom stereocenters. The second-order valence-electron chi connectivity index (χ2n) is 4.89. The normalized spacial score (nSPS) is 16.6. The lowest BCUT2D eigenvalue weighted by atomic mass is 10.1. The van der Waals surface area contributed by atoms with Crippen molar-refractivity contribution >= 4 is 11.6 Å². The first-order valence-corrected chi connectivity index (χ1v) is 6.45. The van der Waals surface area contributed by atoms with Crippen LogP contribution in [-0.2, 0) is 4.79 Å². The van der Waals surface area contributed by atoms with Gasteiger partial charge in [-0.05, 0) is 31.0 Å². The molecule has 1 amide bonds. The maximum absolute atomic E-state index is 12.0. The average molecular weight is 247 g/mol.